The molecule has 0 aromatic carbocycles. The molecule has 19 heavy (non-hydrogen) atoms. The predicted octanol–water partition coefficient (Wildman–Crippen LogP) is 0.871. The van der Waals surface area contributed by atoms with Crippen LogP contribution in [0, 0.1) is 5.92 Å². The molecule has 1 fully saturated rings. The highest BCUT2D eigenvalue weighted by Gasteiger charge is 2.30. The Bertz CT molecular complexity index is 604. The average molecular weight is 279 g/mol. The molecule has 0 saturated carbocycles. The van der Waals surface area contributed by atoms with Crippen LogP contribution in [-0.2, 0) is 16.0 Å². The van der Waals surface area contributed by atoms with Gasteiger partial charge in [-0.3, -0.25) is 14.0 Å². The molecule has 3 heterocycles. The number of hydrogen-bond acceptors (Lipinski definition) is 4. The fraction of sp³-hybridized carbons (Fsp3) is 0.417. The lowest BCUT2D eigenvalue weighted by atomic mass is 10.1. The molecular formula is C12H13N3O3S. The van der Waals surface area contributed by atoms with Gasteiger partial charge in [0, 0.05) is 30.9 Å². The lowest BCUT2D eigenvalue weighted by Gasteiger charge is -2.14. The molecule has 0 spiro atoms. The number of carbonyl (C=O) groups is 2. The summed E-state index contributed by atoms with van der Waals surface area (Å²) >= 11 is 1.52. The Hall–Kier alpha value is -1.89. The maximum Gasteiger partial charge on any atom is 0.308 e. The maximum atomic E-state index is 12.1. The molecule has 1 aliphatic rings. The minimum atomic E-state index is -0.821. The van der Waals surface area contributed by atoms with E-state index in [-0.39, 0.29) is 12.3 Å². The Morgan fingerprint density at radius 1 is 1.53 bits per heavy atom. The summed E-state index contributed by atoms with van der Waals surface area (Å²) in [5, 5.41) is 10.9. The van der Waals surface area contributed by atoms with E-state index in [4.69, 9.17) is 5.11 Å². The zero-order chi connectivity index (χ0) is 13.4. The van der Waals surface area contributed by atoms with Gasteiger partial charge >= 0.3 is 5.97 Å². The number of hydrogen-bond donors (Lipinski definition) is 1. The molecule has 0 bridgehead atoms. The summed E-state index contributed by atoms with van der Waals surface area (Å²) in [5.41, 5.74) is 0.732. The molecule has 0 aliphatic carbocycles. The van der Waals surface area contributed by atoms with Gasteiger partial charge in [0.05, 0.1) is 18.0 Å². The van der Waals surface area contributed by atoms with Crippen LogP contribution < -0.4 is 0 Å². The van der Waals surface area contributed by atoms with Crippen molar-refractivity contribution < 1.29 is 14.7 Å². The van der Waals surface area contributed by atoms with Gasteiger partial charge in [-0.2, -0.15) is 0 Å². The molecule has 1 N–H and O–H groups in total. The number of imidazole rings is 1. The van der Waals surface area contributed by atoms with Gasteiger partial charge in [0.1, 0.15) is 0 Å². The normalized spacial score (nSPS) is 19.2. The van der Waals surface area contributed by atoms with Crippen LogP contribution in [0.1, 0.15) is 12.1 Å². The first-order chi connectivity index (χ1) is 9.13. The molecule has 0 radical (unpaired) electrons. The standard InChI is InChI=1S/C12H13N3O3S/c16-10(14-2-1-8(6-14)11(17)18)5-9-7-15-3-4-19-12(15)13-9/h3-4,7-8H,1-2,5-6H2,(H,17,18). The first-order valence-corrected chi connectivity index (χ1v) is 6.93. The number of fused-ring (bicyclic) bond motifs is 1. The predicted molar refractivity (Wildman–Crippen MR) is 69.1 cm³/mol. The van der Waals surface area contributed by atoms with Gasteiger partial charge in [-0.15, -0.1) is 11.3 Å². The van der Waals surface area contributed by atoms with Crippen LogP contribution >= 0.6 is 11.3 Å². The van der Waals surface area contributed by atoms with E-state index in [2.05, 4.69) is 4.98 Å². The second-order valence-electron chi connectivity index (χ2n) is 4.67. The minimum absolute atomic E-state index is 0.0468. The van der Waals surface area contributed by atoms with E-state index in [1.54, 1.807) is 4.90 Å². The third-order valence-electron chi connectivity index (χ3n) is 3.37. The van der Waals surface area contributed by atoms with Crippen LogP contribution in [-0.4, -0.2) is 44.4 Å². The molecule has 3 rings (SSSR count). The Balaban J connectivity index is 1.65. The van der Waals surface area contributed by atoms with Gasteiger partial charge < -0.3 is 10.0 Å². The summed E-state index contributed by atoms with van der Waals surface area (Å²) in [5.74, 6) is -1.29. The number of carboxylic acid groups (broad SMARTS) is 1. The second kappa shape index (κ2) is 4.65. The third-order valence-corrected chi connectivity index (χ3v) is 4.14. The number of likely N-dealkylation sites (tertiary alicyclic amines) is 1. The van der Waals surface area contributed by atoms with Crippen molar-refractivity contribution in [2.24, 2.45) is 5.92 Å². The Kier molecular flexibility index (Phi) is 2.98. The largest absolute Gasteiger partial charge is 0.481 e. The summed E-state index contributed by atoms with van der Waals surface area (Å²) in [7, 11) is 0. The van der Waals surface area contributed by atoms with Crippen molar-refractivity contribution in [1.29, 1.82) is 0 Å². The Morgan fingerprint density at radius 3 is 3.05 bits per heavy atom. The summed E-state index contributed by atoms with van der Waals surface area (Å²) < 4.78 is 1.89. The summed E-state index contributed by atoms with van der Waals surface area (Å²) in [6, 6.07) is 0. The molecule has 6 nitrogen and oxygen atoms in total. The first kappa shape index (κ1) is 12.2. The van der Waals surface area contributed by atoms with E-state index in [0.29, 0.717) is 19.5 Å². The quantitative estimate of drug-likeness (QED) is 0.904. The number of thiazole rings is 1. The van der Waals surface area contributed by atoms with Crippen LogP contribution in [0.25, 0.3) is 4.96 Å². The maximum absolute atomic E-state index is 12.1. The van der Waals surface area contributed by atoms with Crippen LogP contribution in [0.4, 0.5) is 0 Å². The van der Waals surface area contributed by atoms with Crippen molar-refractivity contribution in [1.82, 2.24) is 14.3 Å². The second-order valence-corrected chi connectivity index (χ2v) is 5.54. The molecule has 1 atom stereocenters. The van der Waals surface area contributed by atoms with Crippen LogP contribution in [0.2, 0.25) is 0 Å². The minimum Gasteiger partial charge on any atom is -0.481 e. The van der Waals surface area contributed by atoms with Gasteiger partial charge in [-0.1, -0.05) is 0 Å². The zero-order valence-electron chi connectivity index (χ0n) is 10.2. The number of carbonyl (C=O) groups excluding carboxylic acids is 1. The monoisotopic (exact) mass is 279 g/mol. The molecule has 100 valence electrons. The topological polar surface area (TPSA) is 74.9 Å². The highest BCUT2D eigenvalue weighted by Crippen LogP contribution is 2.18. The van der Waals surface area contributed by atoms with Crippen LogP contribution in [0.5, 0.6) is 0 Å². The van der Waals surface area contributed by atoms with E-state index >= 15 is 0 Å². The van der Waals surface area contributed by atoms with Gasteiger partial charge in [0.2, 0.25) is 5.91 Å². The molecule has 2 aromatic rings. The van der Waals surface area contributed by atoms with E-state index in [9.17, 15) is 9.59 Å². The van der Waals surface area contributed by atoms with Crippen LogP contribution in [0.15, 0.2) is 17.8 Å². The number of nitrogens with zero attached hydrogens (tertiary/aromatic N) is 3. The number of rotatable bonds is 3. The van der Waals surface area contributed by atoms with E-state index in [1.165, 1.54) is 11.3 Å². The van der Waals surface area contributed by atoms with E-state index in [1.807, 2.05) is 22.2 Å². The smallest absolute Gasteiger partial charge is 0.308 e. The Morgan fingerprint density at radius 2 is 2.37 bits per heavy atom. The Labute approximate surface area is 113 Å². The summed E-state index contributed by atoms with van der Waals surface area (Å²) in [6.07, 6.45) is 4.52. The SMILES string of the molecule is O=C(O)C1CCN(C(=O)Cc2cn3ccsc3n2)C1. The average Bonchev–Trinajstić information content (AvgIpc) is 3.02. The molecule has 2 aromatic heterocycles. The van der Waals surface area contributed by atoms with Gasteiger partial charge in [-0.05, 0) is 6.42 Å². The van der Waals surface area contributed by atoms with Crippen molar-refractivity contribution in [3.8, 4) is 0 Å². The lowest BCUT2D eigenvalue weighted by Crippen LogP contribution is -2.31. The van der Waals surface area contributed by atoms with Gasteiger partial charge in [0.25, 0.3) is 0 Å². The van der Waals surface area contributed by atoms with Crippen molar-refractivity contribution in [2.75, 3.05) is 13.1 Å². The highest BCUT2D eigenvalue weighted by molar-refractivity contribution is 7.15. The van der Waals surface area contributed by atoms with Crippen LogP contribution in [0.3, 0.4) is 0 Å². The number of amides is 1. The summed E-state index contributed by atoms with van der Waals surface area (Å²) in [4.78, 5) is 29.8. The van der Waals surface area contributed by atoms with E-state index < -0.39 is 11.9 Å². The van der Waals surface area contributed by atoms with Gasteiger partial charge in [-0.25, -0.2) is 4.98 Å². The number of aromatic nitrogens is 2. The highest BCUT2D eigenvalue weighted by atomic mass is 32.1. The van der Waals surface area contributed by atoms with Crippen molar-refractivity contribution in [3.05, 3.63) is 23.5 Å². The molecule has 1 saturated heterocycles. The third kappa shape index (κ3) is 2.33. The first-order valence-electron chi connectivity index (χ1n) is 6.05. The zero-order valence-corrected chi connectivity index (χ0v) is 11.0. The van der Waals surface area contributed by atoms with Crippen molar-refractivity contribution in [2.45, 2.75) is 12.8 Å². The molecule has 1 aliphatic heterocycles. The van der Waals surface area contributed by atoms with E-state index in [0.717, 1.165) is 10.7 Å². The summed E-state index contributed by atoms with van der Waals surface area (Å²) in [6.45, 7) is 0.842. The molecule has 1 amide bonds. The molecule has 1 unspecified atom stereocenters. The molecular weight excluding hydrogens is 266 g/mol. The number of aliphatic carboxylic acids is 1. The van der Waals surface area contributed by atoms with Crippen molar-refractivity contribution >= 4 is 28.2 Å². The van der Waals surface area contributed by atoms with Gasteiger partial charge in [0.15, 0.2) is 4.96 Å². The molecule has 7 heteroatoms. The number of carboxylic acids is 1. The van der Waals surface area contributed by atoms with Crippen molar-refractivity contribution in [3.63, 3.8) is 0 Å². The fourth-order valence-electron chi connectivity index (χ4n) is 2.32. The lowest BCUT2D eigenvalue weighted by molar-refractivity contribution is -0.141. The fourth-order valence-corrected chi connectivity index (χ4v) is 3.04.